The Kier molecular flexibility index (Phi) is 4.55. The van der Waals surface area contributed by atoms with Crippen LogP contribution in [0, 0.1) is 0 Å². The zero-order chi connectivity index (χ0) is 10.4. The van der Waals surface area contributed by atoms with Gasteiger partial charge in [0.1, 0.15) is 0 Å². The van der Waals surface area contributed by atoms with Gasteiger partial charge in [0.15, 0.2) is 0 Å². The number of hydrogen-bond acceptors (Lipinski definition) is 4. The molecule has 1 aromatic heterocycles. The molecule has 1 rings (SSSR count). The maximum absolute atomic E-state index is 10.5. The fourth-order valence-electron chi connectivity index (χ4n) is 1.12. The average molecular weight is 213 g/mol. The number of carbonyl (C=O) groups excluding carboxylic acids is 1. The average Bonchev–Trinajstić information content (AvgIpc) is 2.64. The summed E-state index contributed by atoms with van der Waals surface area (Å²) in [5.41, 5.74) is 7.89. The van der Waals surface area contributed by atoms with Gasteiger partial charge in [0.2, 0.25) is 5.91 Å². The van der Waals surface area contributed by atoms with Gasteiger partial charge in [-0.25, -0.2) is 4.98 Å². The van der Waals surface area contributed by atoms with Gasteiger partial charge in [-0.3, -0.25) is 4.79 Å². The molecule has 0 saturated carbocycles. The summed E-state index contributed by atoms with van der Waals surface area (Å²) in [6.45, 7) is 2.85. The van der Waals surface area contributed by atoms with E-state index in [1.807, 2.05) is 10.9 Å². The molecular formula is C9H15N3OS. The first-order valence-electron chi connectivity index (χ1n) is 4.60. The summed E-state index contributed by atoms with van der Waals surface area (Å²) in [4.78, 5) is 14.7. The SMILES string of the molecule is CC(NCCCC(N)=O)c1cscn1. The Morgan fingerprint density at radius 2 is 2.57 bits per heavy atom. The molecule has 0 radical (unpaired) electrons. The van der Waals surface area contributed by atoms with Gasteiger partial charge in [-0.2, -0.15) is 0 Å². The van der Waals surface area contributed by atoms with Crippen LogP contribution in [0.3, 0.4) is 0 Å². The van der Waals surface area contributed by atoms with Crippen molar-refractivity contribution in [3.05, 3.63) is 16.6 Å². The normalized spacial score (nSPS) is 12.6. The third-order valence-electron chi connectivity index (χ3n) is 1.95. The lowest BCUT2D eigenvalue weighted by Crippen LogP contribution is -2.21. The van der Waals surface area contributed by atoms with Crippen molar-refractivity contribution in [3.63, 3.8) is 0 Å². The Morgan fingerprint density at radius 1 is 1.79 bits per heavy atom. The summed E-state index contributed by atoms with van der Waals surface area (Å²) >= 11 is 1.59. The Bertz CT molecular complexity index is 274. The molecule has 0 aliphatic rings. The molecule has 0 fully saturated rings. The molecule has 5 heteroatoms. The van der Waals surface area contributed by atoms with Crippen LogP contribution in [0.4, 0.5) is 0 Å². The Hall–Kier alpha value is -0.940. The minimum atomic E-state index is -0.242. The monoisotopic (exact) mass is 213 g/mol. The predicted octanol–water partition coefficient (Wildman–Crippen LogP) is 1.06. The fourth-order valence-corrected chi connectivity index (χ4v) is 1.77. The fraction of sp³-hybridized carbons (Fsp3) is 0.556. The van der Waals surface area contributed by atoms with Crippen molar-refractivity contribution >= 4 is 17.2 Å². The van der Waals surface area contributed by atoms with Crippen LogP contribution in [-0.4, -0.2) is 17.4 Å². The highest BCUT2D eigenvalue weighted by Crippen LogP contribution is 2.11. The summed E-state index contributed by atoms with van der Waals surface area (Å²) < 4.78 is 0. The molecule has 1 amide bonds. The largest absolute Gasteiger partial charge is 0.370 e. The van der Waals surface area contributed by atoms with E-state index in [1.54, 1.807) is 11.3 Å². The zero-order valence-electron chi connectivity index (χ0n) is 8.19. The van der Waals surface area contributed by atoms with Gasteiger partial charge in [0.05, 0.1) is 11.2 Å². The number of nitrogens with zero attached hydrogens (tertiary/aromatic N) is 1. The molecule has 1 aromatic rings. The van der Waals surface area contributed by atoms with Crippen molar-refractivity contribution < 1.29 is 4.79 Å². The van der Waals surface area contributed by atoms with Crippen molar-refractivity contribution in [2.75, 3.05) is 6.54 Å². The van der Waals surface area contributed by atoms with Crippen molar-refractivity contribution in [1.29, 1.82) is 0 Å². The lowest BCUT2D eigenvalue weighted by molar-refractivity contribution is -0.118. The van der Waals surface area contributed by atoms with Gasteiger partial charge >= 0.3 is 0 Å². The van der Waals surface area contributed by atoms with Crippen LogP contribution in [0.1, 0.15) is 31.5 Å². The van der Waals surface area contributed by atoms with E-state index >= 15 is 0 Å². The molecular weight excluding hydrogens is 198 g/mol. The lowest BCUT2D eigenvalue weighted by Gasteiger charge is -2.10. The zero-order valence-corrected chi connectivity index (χ0v) is 9.01. The summed E-state index contributed by atoms with van der Waals surface area (Å²) in [5, 5.41) is 5.30. The van der Waals surface area contributed by atoms with E-state index in [-0.39, 0.29) is 11.9 Å². The number of primary amides is 1. The van der Waals surface area contributed by atoms with Crippen molar-refractivity contribution in [2.45, 2.75) is 25.8 Å². The first-order valence-corrected chi connectivity index (χ1v) is 5.54. The van der Waals surface area contributed by atoms with E-state index in [4.69, 9.17) is 5.73 Å². The number of aromatic nitrogens is 1. The van der Waals surface area contributed by atoms with E-state index in [9.17, 15) is 4.79 Å². The maximum atomic E-state index is 10.5. The van der Waals surface area contributed by atoms with Crippen molar-refractivity contribution in [2.24, 2.45) is 5.73 Å². The lowest BCUT2D eigenvalue weighted by atomic mass is 10.2. The molecule has 1 atom stereocenters. The second-order valence-corrected chi connectivity index (χ2v) is 3.88. The summed E-state index contributed by atoms with van der Waals surface area (Å²) in [7, 11) is 0. The number of thiazole rings is 1. The number of hydrogen-bond donors (Lipinski definition) is 2. The van der Waals surface area contributed by atoms with E-state index in [1.165, 1.54) is 0 Å². The maximum Gasteiger partial charge on any atom is 0.217 e. The molecule has 3 N–H and O–H groups in total. The van der Waals surface area contributed by atoms with Gasteiger partial charge in [-0.1, -0.05) is 0 Å². The number of rotatable bonds is 6. The van der Waals surface area contributed by atoms with Gasteiger partial charge in [-0.05, 0) is 19.9 Å². The Morgan fingerprint density at radius 3 is 3.14 bits per heavy atom. The second kappa shape index (κ2) is 5.72. The van der Waals surface area contributed by atoms with E-state index in [2.05, 4.69) is 17.2 Å². The predicted molar refractivity (Wildman–Crippen MR) is 57.0 cm³/mol. The first kappa shape index (κ1) is 11.1. The van der Waals surface area contributed by atoms with Crippen LogP contribution in [0.25, 0.3) is 0 Å². The molecule has 4 nitrogen and oxygen atoms in total. The highest BCUT2D eigenvalue weighted by Gasteiger charge is 2.05. The van der Waals surface area contributed by atoms with Crippen LogP contribution in [0.15, 0.2) is 10.9 Å². The van der Waals surface area contributed by atoms with Crippen LogP contribution < -0.4 is 11.1 Å². The molecule has 14 heavy (non-hydrogen) atoms. The van der Waals surface area contributed by atoms with Crippen LogP contribution in [0.2, 0.25) is 0 Å². The van der Waals surface area contributed by atoms with E-state index in [0.717, 1.165) is 18.7 Å². The minimum Gasteiger partial charge on any atom is -0.370 e. The highest BCUT2D eigenvalue weighted by atomic mass is 32.1. The number of carbonyl (C=O) groups is 1. The van der Waals surface area contributed by atoms with Crippen LogP contribution >= 0.6 is 11.3 Å². The second-order valence-electron chi connectivity index (χ2n) is 3.16. The molecule has 0 spiro atoms. The van der Waals surface area contributed by atoms with E-state index < -0.39 is 0 Å². The standard InChI is InChI=1S/C9H15N3OS/c1-7(8-5-14-6-12-8)11-4-2-3-9(10)13/h5-7,11H,2-4H2,1H3,(H2,10,13). The quantitative estimate of drug-likeness (QED) is 0.694. The molecule has 0 aliphatic heterocycles. The number of amides is 1. The Labute approximate surface area is 87.5 Å². The molecule has 0 aromatic carbocycles. The first-order chi connectivity index (χ1) is 6.70. The summed E-state index contributed by atoms with van der Waals surface area (Å²) in [6, 6.07) is 0.245. The van der Waals surface area contributed by atoms with E-state index in [0.29, 0.717) is 6.42 Å². The third kappa shape index (κ3) is 3.85. The topological polar surface area (TPSA) is 68.0 Å². The van der Waals surface area contributed by atoms with Crippen LogP contribution in [0.5, 0.6) is 0 Å². The highest BCUT2D eigenvalue weighted by molar-refractivity contribution is 7.07. The molecule has 1 unspecified atom stereocenters. The third-order valence-corrected chi connectivity index (χ3v) is 2.55. The number of nitrogens with one attached hydrogen (secondary N) is 1. The van der Waals surface area contributed by atoms with Gasteiger partial charge in [0, 0.05) is 17.8 Å². The molecule has 1 heterocycles. The molecule has 0 bridgehead atoms. The Balaban J connectivity index is 2.16. The van der Waals surface area contributed by atoms with Crippen molar-refractivity contribution in [1.82, 2.24) is 10.3 Å². The minimum absolute atomic E-state index is 0.242. The molecule has 0 aliphatic carbocycles. The summed E-state index contributed by atoms with van der Waals surface area (Å²) in [5.74, 6) is -0.242. The van der Waals surface area contributed by atoms with Crippen molar-refractivity contribution in [3.8, 4) is 0 Å². The van der Waals surface area contributed by atoms with Crippen LogP contribution in [-0.2, 0) is 4.79 Å². The van der Waals surface area contributed by atoms with Gasteiger partial charge in [0.25, 0.3) is 0 Å². The smallest absolute Gasteiger partial charge is 0.217 e. The number of nitrogens with two attached hydrogens (primary N) is 1. The van der Waals surface area contributed by atoms with Gasteiger partial charge < -0.3 is 11.1 Å². The van der Waals surface area contributed by atoms with Gasteiger partial charge in [-0.15, -0.1) is 11.3 Å². The molecule has 78 valence electrons. The molecule has 0 saturated heterocycles. The summed E-state index contributed by atoms with van der Waals surface area (Å²) in [6.07, 6.45) is 1.22.